The maximum Gasteiger partial charge on any atom is 0.248 e. The van der Waals surface area contributed by atoms with Crippen LogP contribution in [0.25, 0.3) is 0 Å². The van der Waals surface area contributed by atoms with Gasteiger partial charge < -0.3 is 16.2 Å². The Balaban J connectivity index is 2.66. The molecule has 0 spiro atoms. The second kappa shape index (κ2) is 6.47. The van der Waals surface area contributed by atoms with E-state index in [0.717, 1.165) is 0 Å². The summed E-state index contributed by atoms with van der Waals surface area (Å²) in [5.41, 5.74) is 5.82. The highest BCUT2D eigenvalue weighted by Crippen LogP contribution is 2.11. The maximum absolute atomic E-state index is 13.5. The van der Waals surface area contributed by atoms with Crippen LogP contribution in [0.2, 0.25) is 0 Å². The molecule has 100 valence electrons. The molecule has 0 aromatic heterocycles. The van der Waals surface area contributed by atoms with Gasteiger partial charge in [0.2, 0.25) is 5.91 Å². The molecular formula is C13H19FN2O2. The first-order valence-electron chi connectivity index (χ1n) is 5.89. The lowest BCUT2D eigenvalue weighted by molar-refractivity contribution is 0.1000. The Morgan fingerprint density at radius 2 is 2.17 bits per heavy atom. The third kappa shape index (κ3) is 4.43. The summed E-state index contributed by atoms with van der Waals surface area (Å²) in [6.45, 7) is 3.90. The van der Waals surface area contributed by atoms with E-state index in [0.29, 0.717) is 18.5 Å². The Bertz CT molecular complexity index is 421. The molecular weight excluding hydrogens is 235 g/mol. The Labute approximate surface area is 106 Å². The molecule has 0 aliphatic rings. The van der Waals surface area contributed by atoms with Gasteiger partial charge in [0.25, 0.3) is 0 Å². The summed E-state index contributed by atoms with van der Waals surface area (Å²) in [6.07, 6.45) is 0.172. The van der Waals surface area contributed by atoms with Crippen LogP contribution in [-0.2, 0) is 6.54 Å². The van der Waals surface area contributed by atoms with Crippen LogP contribution in [0.3, 0.4) is 0 Å². The van der Waals surface area contributed by atoms with Gasteiger partial charge in [0.15, 0.2) is 0 Å². The predicted molar refractivity (Wildman–Crippen MR) is 67.5 cm³/mol. The summed E-state index contributed by atoms with van der Waals surface area (Å²) in [5.74, 6) is -0.954. The minimum Gasteiger partial charge on any atom is -0.393 e. The fourth-order valence-corrected chi connectivity index (χ4v) is 1.74. The SMILES string of the molecule is CC(O)CC(C)NCc1cc(C(N)=O)ccc1F. The van der Waals surface area contributed by atoms with E-state index in [1.807, 2.05) is 6.92 Å². The van der Waals surface area contributed by atoms with E-state index in [-0.39, 0.29) is 17.4 Å². The second-order valence-electron chi connectivity index (χ2n) is 4.54. The molecule has 18 heavy (non-hydrogen) atoms. The lowest BCUT2D eigenvalue weighted by atomic mass is 10.1. The molecule has 0 saturated heterocycles. The molecule has 1 aromatic carbocycles. The zero-order chi connectivity index (χ0) is 13.7. The van der Waals surface area contributed by atoms with Crippen LogP contribution >= 0.6 is 0 Å². The standard InChI is InChI=1S/C13H19FN2O2/c1-8(5-9(2)17)16-7-11-6-10(13(15)18)3-4-12(11)14/h3-4,6,8-9,16-17H,5,7H2,1-2H3,(H2,15,18). The van der Waals surface area contributed by atoms with E-state index >= 15 is 0 Å². The number of benzene rings is 1. The van der Waals surface area contributed by atoms with Crippen LogP contribution in [-0.4, -0.2) is 23.2 Å². The van der Waals surface area contributed by atoms with Crippen LogP contribution in [0.4, 0.5) is 4.39 Å². The van der Waals surface area contributed by atoms with Gasteiger partial charge >= 0.3 is 0 Å². The van der Waals surface area contributed by atoms with Crippen molar-refractivity contribution in [2.75, 3.05) is 0 Å². The number of nitrogens with one attached hydrogen (secondary N) is 1. The Hall–Kier alpha value is -1.46. The molecule has 1 amide bonds. The molecule has 0 fully saturated rings. The van der Waals surface area contributed by atoms with Crippen molar-refractivity contribution in [2.24, 2.45) is 5.73 Å². The van der Waals surface area contributed by atoms with E-state index in [4.69, 9.17) is 5.73 Å². The first-order chi connectivity index (χ1) is 8.40. The lowest BCUT2D eigenvalue weighted by Crippen LogP contribution is -2.29. The molecule has 2 unspecified atom stereocenters. The summed E-state index contributed by atoms with van der Waals surface area (Å²) in [7, 11) is 0. The van der Waals surface area contributed by atoms with E-state index in [1.165, 1.54) is 18.2 Å². The number of carbonyl (C=O) groups is 1. The Morgan fingerprint density at radius 1 is 1.50 bits per heavy atom. The molecule has 5 heteroatoms. The summed E-state index contributed by atoms with van der Waals surface area (Å²) in [5, 5.41) is 12.3. The van der Waals surface area contributed by atoms with Gasteiger partial charge in [-0.15, -0.1) is 0 Å². The number of rotatable bonds is 6. The predicted octanol–water partition coefficient (Wildman–Crippen LogP) is 1.17. The van der Waals surface area contributed by atoms with E-state index in [9.17, 15) is 14.3 Å². The number of nitrogens with two attached hydrogens (primary N) is 1. The highest BCUT2D eigenvalue weighted by Gasteiger charge is 2.09. The number of aliphatic hydroxyl groups excluding tert-OH is 1. The molecule has 4 N–H and O–H groups in total. The molecule has 1 rings (SSSR count). The van der Waals surface area contributed by atoms with E-state index in [1.54, 1.807) is 6.92 Å². The van der Waals surface area contributed by atoms with Crippen molar-refractivity contribution < 1.29 is 14.3 Å². The van der Waals surface area contributed by atoms with Crippen molar-refractivity contribution in [3.05, 3.63) is 35.1 Å². The number of primary amides is 1. The number of hydrogen-bond donors (Lipinski definition) is 3. The van der Waals surface area contributed by atoms with Gasteiger partial charge in [0.05, 0.1) is 6.10 Å². The fraction of sp³-hybridized carbons (Fsp3) is 0.462. The first kappa shape index (κ1) is 14.6. The minimum absolute atomic E-state index is 0.0571. The average molecular weight is 254 g/mol. The molecule has 0 saturated carbocycles. The summed E-state index contributed by atoms with van der Waals surface area (Å²) in [6, 6.07) is 4.10. The number of hydrogen-bond acceptors (Lipinski definition) is 3. The van der Waals surface area contributed by atoms with Crippen molar-refractivity contribution in [2.45, 2.75) is 39.0 Å². The third-order valence-electron chi connectivity index (χ3n) is 2.67. The highest BCUT2D eigenvalue weighted by molar-refractivity contribution is 5.92. The minimum atomic E-state index is -0.576. The summed E-state index contributed by atoms with van der Waals surface area (Å²) in [4.78, 5) is 11.0. The highest BCUT2D eigenvalue weighted by atomic mass is 19.1. The van der Waals surface area contributed by atoms with E-state index in [2.05, 4.69) is 5.32 Å². The van der Waals surface area contributed by atoms with Crippen LogP contribution in [0, 0.1) is 5.82 Å². The quantitative estimate of drug-likeness (QED) is 0.713. The number of aliphatic hydroxyl groups is 1. The third-order valence-corrected chi connectivity index (χ3v) is 2.67. The Morgan fingerprint density at radius 3 is 2.72 bits per heavy atom. The molecule has 0 radical (unpaired) electrons. The van der Waals surface area contributed by atoms with Crippen LogP contribution in [0.1, 0.15) is 36.2 Å². The molecule has 4 nitrogen and oxygen atoms in total. The van der Waals surface area contributed by atoms with Crippen molar-refractivity contribution >= 4 is 5.91 Å². The second-order valence-corrected chi connectivity index (χ2v) is 4.54. The fourth-order valence-electron chi connectivity index (χ4n) is 1.74. The van der Waals surface area contributed by atoms with Crippen LogP contribution < -0.4 is 11.1 Å². The van der Waals surface area contributed by atoms with Crippen molar-refractivity contribution in [1.29, 1.82) is 0 Å². The number of halogens is 1. The van der Waals surface area contributed by atoms with Gasteiger partial charge in [-0.2, -0.15) is 0 Å². The topological polar surface area (TPSA) is 75.3 Å². The molecule has 2 atom stereocenters. The molecule has 0 bridgehead atoms. The zero-order valence-corrected chi connectivity index (χ0v) is 10.6. The maximum atomic E-state index is 13.5. The number of carbonyl (C=O) groups excluding carboxylic acids is 1. The van der Waals surface area contributed by atoms with Crippen molar-refractivity contribution in [1.82, 2.24) is 5.32 Å². The Kier molecular flexibility index (Phi) is 5.25. The molecule has 0 aliphatic heterocycles. The van der Waals surface area contributed by atoms with Gasteiger partial charge in [-0.3, -0.25) is 4.79 Å². The first-order valence-corrected chi connectivity index (χ1v) is 5.89. The zero-order valence-electron chi connectivity index (χ0n) is 10.6. The van der Waals surface area contributed by atoms with Gasteiger partial charge in [-0.25, -0.2) is 4.39 Å². The molecule has 0 aliphatic carbocycles. The molecule has 1 aromatic rings. The monoisotopic (exact) mass is 254 g/mol. The van der Waals surface area contributed by atoms with E-state index < -0.39 is 12.0 Å². The number of amides is 1. The molecule has 0 heterocycles. The largest absolute Gasteiger partial charge is 0.393 e. The normalized spacial score (nSPS) is 14.2. The van der Waals surface area contributed by atoms with Crippen LogP contribution in [0.15, 0.2) is 18.2 Å². The van der Waals surface area contributed by atoms with Gasteiger partial charge in [-0.05, 0) is 38.5 Å². The van der Waals surface area contributed by atoms with Crippen LogP contribution in [0.5, 0.6) is 0 Å². The lowest BCUT2D eigenvalue weighted by Gasteiger charge is -2.15. The summed E-state index contributed by atoms with van der Waals surface area (Å²) < 4.78 is 13.5. The summed E-state index contributed by atoms with van der Waals surface area (Å²) >= 11 is 0. The van der Waals surface area contributed by atoms with Gasteiger partial charge in [0, 0.05) is 23.7 Å². The van der Waals surface area contributed by atoms with Gasteiger partial charge in [0.1, 0.15) is 5.82 Å². The van der Waals surface area contributed by atoms with Crippen molar-refractivity contribution in [3.63, 3.8) is 0 Å². The smallest absolute Gasteiger partial charge is 0.248 e. The van der Waals surface area contributed by atoms with Gasteiger partial charge in [-0.1, -0.05) is 0 Å². The average Bonchev–Trinajstić information content (AvgIpc) is 2.26. The van der Waals surface area contributed by atoms with Crippen molar-refractivity contribution in [3.8, 4) is 0 Å².